The van der Waals surface area contributed by atoms with Crippen molar-refractivity contribution < 1.29 is 9.90 Å². The lowest BCUT2D eigenvalue weighted by Gasteiger charge is -2.02. The summed E-state index contributed by atoms with van der Waals surface area (Å²) >= 11 is 0. The van der Waals surface area contributed by atoms with E-state index in [4.69, 9.17) is 5.11 Å². The third kappa shape index (κ3) is 2.53. The molecule has 0 atom stereocenters. The molecule has 0 spiro atoms. The summed E-state index contributed by atoms with van der Waals surface area (Å²) in [6.07, 6.45) is 5.15. The standard InChI is InChI=1S/C13H16N2O2/c1-5-10(6-7-14-4)11-8(2)12(13(16)17)15-9(11)3/h5-7,15H,1H2,2-4H3,(H,16,17)/b10-6+,14-7?. The van der Waals surface area contributed by atoms with E-state index in [1.165, 1.54) is 0 Å². The van der Waals surface area contributed by atoms with E-state index < -0.39 is 5.97 Å². The number of H-pyrrole nitrogens is 1. The topological polar surface area (TPSA) is 65.5 Å². The molecule has 1 aromatic heterocycles. The minimum absolute atomic E-state index is 0.221. The third-order valence-electron chi connectivity index (χ3n) is 2.56. The molecule has 90 valence electrons. The number of aliphatic imine (C=N–C) groups is 1. The number of allylic oxidation sites excluding steroid dienone is 3. The molecule has 0 bridgehead atoms. The molecule has 0 aliphatic carbocycles. The van der Waals surface area contributed by atoms with Crippen LogP contribution >= 0.6 is 0 Å². The Morgan fingerprint density at radius 2 is 2.12 bits per heavy atom. The van der Waals surface area contributed by atoms with Gasteiger partial charge >= 0.3 is 5.97 Å². The number of aromatic carboxylic acids is 1. The minimum Gasteiger partial charge on any atom is -0.477 e. The minimum atomic E-state index is -0.954. The van der Waals surface area contributed by atoms with E-state index in [1.807, 2.05) is 13.0 Å². The molecule has 1 rings (SSSR count). The highest BCUT2D eigenvalue weighted by molar-refractivity contribution is 5.94. The number of nitrogens with zero attached hydrogens (tertiary/aromatic N) is 1. The van der Waals surface area contributed by atoms with Crippen molar-refractivity contribution in [1.82, 2.24) is 4.98 Å². The van der Waals surface area contributed by atoms with Crippen LogP contribution in [0.2, 0.25) is 0 Å². The fourth-order valence-corrected chi connectivity index (χ4v) is 1.81. The van der Waals surface area contributed by atoms with Gasteiger partial charge in [0.1, 0.15) is 5.69 Å². The number of hydrogen-bond donors (Lipinski definition) is 2. The molecule has 4 heteroatoms. The van der Waals surface area contributed by atoms with Crippen LogP contribution in [-0.4, -0.2) is 29.3 Å². The molecule has 0 saturated carbocycles. The molecule has 0 amide bonds. The van der Waals surface area contributed by atoms with Crippen molar-refractivity contribution in [1.29, 1.82) is 0 Å². The molecular weight excluding hydrogens is 216 g/mol. The second kappa shape index (κ2) is 5.30. The Morgan fingerprint density at radius 3 is 2.53 bits per heavy atom. The van der Waals surface area contributed by atoms with Crippen LogP contribution in [0.4, 0.5) is 0 Å². The maximum Gasteiger partial charge on any atom is 0.352 e. The van der Waals surface area contributed by atoms with Gasteiger partial charge in [-0.1, -0.05) is 12.7 Å². The Kier molecular flexibility index (Phi) is 4.04. The number of carboxylic acid groups (broad SMARTS) is 1. The number of carbonyl (C=O) groups is 1. The Hall–Kier alpha value is -2.10. The lowest BCUT2D eigenvalue weighted by Crippen LogP contribution is -1.98. The zero-order valence-electron chi connectivity index (χ0n) is 10.2. The second-order valence-corrected chi connectivity index (χ2v) is 3.66. The Morgan fingerprint density at radius 1 is 1.47 bits per heavy atom. The first kappa shape index (κ1) is 13.0. The molecule has 1 aromatic rings. The van der Waals surface area contributed by atoms with Crippen LogP contribution in [0.15, 0.2) is 23.7 Å². The van der Waals surface area contributed by atoms with Gasteiger partial charge in [-0.3, -0.25) is 4.99 Å². The first-order valence-electron chi connectivity index (χ1n) is 5.20. The molecule has 0 unspecified atom stereocenters. The van der Waals surface area contributed by atoms with E-state index in [9.17, 15) is 4.79 Å². The molecule has 0 aromatic carbocycles. The van der Waals surface area contributed by atoms with E-state index in [1.54, 1.807) is 26.3 Å². The molecule has 0 aliphatic heterocycles. The SMILES string of the molecule is C=C/C(=C\C=NC)c1c(C)[nH]c(C(=O)O)c1C. The maximum absolute atomic E-state index is 11.0. The predicted octanol–water partition coefficient (Wildman–Crippen LogP) is 2.60. The van der Waals surface area contributed by atoms with Gasteiger partial charge in [-0.2, -0.15) is 0 Å². The molecule has 2 N–H and O–H groups in total. The van der Waals surface area contributed by atoms with E-state index in [2.05, 4.69) is 16.6 Å². The summed E-state index contributed by atoms with van der Waals surface area (Å²) in [6, 6.07) is 0. The molecule has 1 heterocycles. The Bertz CT molecular complexity index is 508. The number of nitrogens with one attached hydrogen (secondary N) is 1. The van der Waals surface area contributed by atoms with Crippen LogP contribution < -0.4 is 0 Å². The van der Waals surface area contributed by atoms with Gasteiger partial charge in [-0.15, -0.1) is 0 Å². The van der Waals surface area contributed by atoms with Gasteiger partial charge in [-0.25, -0.2) is 4.79 Å². The molecule has 0 radical (unpaired) electrons. The van der Waals surface area contributed by atoms with E-state index >= 15 is 0 Å². The number of aromatic nitrogens is 1. The molecule has 0 fully saturated rings. The van der Waals surface area contributed by atoms with Crippen molar-refractivity contribution in [3.63, 3.8) is 0 Å². The van der Waals surface area contributed by atoms with Gasteiger partial charge in [0.05, 0.1) is 0 Å². The van der Waals surface area contributed by atoms with Crippen molar-refractivity contribution >= 4 is 17.8 Å². The highest BCUT2D eigenvalue weighted by Gasteiger charge is 2.17. The smallest absolute Gasteiger partial charge is 0.352 e. The zero-order chi connectivity index (χ0) is 13.0. The number of carboxylic acids is 1. The number of rotatable bonds is 4. The quantitative estimate of drug-likeness (QED) is 0.619. The highest BCUT2D eigenvalue weighted by atomic mass is 16.4. The number of aromatic amines is 1. The van der Waals surface area contributed by atoms with Crippen molar-refractivity contribution in [2.75, 3.05) is 7.05 Å². The van der Waals surface area contributed by atoms with E-state index in [0.717, 1.165) is 16.8 Å². The van der Waals surface area contributed by atoms with Crippen LogP contribution in [-0.2, 0) is 0 Å². The van der Waals surface area contributed by atoms with Gasteiger partial charge in [0.15, 0.2) is 0 Å². The largest absolute Gasteiger partial charge is 0.477 e. The van der Waals surface area contributed by atoms with E-state index in [-0.39, 0.29) is 5.69 Å². The summed E-state index contributed by atoms with van der Waals surface area (Å²) in [5.41, 5.74) is 3.48. The van der Waals surface area contributed by atoms with Crippen molar-refractivity contribution in [3.8, 4) is 0 Å². The monoisotopic (exact) mass is 232 g/mol. The van der Waals surface area contributed by atoms with Crippen LogP contribution in [0.25, 0.3) is 5.57 Å². The highest BCUT2D eigenvalue weighted by Crippen LogP contribution is 2.26. The summed E-state index contributed by atoms with van der Waals surface area (Å²) in [6.45, 7) is 7.36. The third-order valence-corrected chi connectivity index (χ3v) is 2.56. The summed E-state index contributed by atoms with van der Waals surface area (Å²) in [5, 5.41) is 9.03. The van der Waals surface area contributed by atoms with Gasteiger partial charge in [0.2, 0.25) is 0 Å². The second-order valence-electron chi connectivity index (χ2n) is 3.66. The fourth-order valence-electron chi connectivity index (χ4n) is 1.81. The van der Waals surface area contributed by atoms with Crippen molar-refractivity contribution in [2.24, 2.45) is 4.99 Å². The first-order valence-corrected chi connectivity index (χ1v) is 5.20. The molecule has 4 nitrogen and oxygen atoms in total. The van der Waals surface area contributed by atoms with Crippen LogP contribution in [0.1, 0.15) is 27.3 Å². The average molecular weight is 232 g/mol. The van der Waals surface area contributed by atoms with Gasteiger partial charge in [-0.05, 0) is 31.1 Å². The average Bonchev–Trinajstić information content (AvgIpc) is 2.57. The molecular formula is C13H16N2O2. The molecule has 17 heavy (non-hydrogen) atoms. The molecule has 0 aliphatic rings. The van der Waals surface area contributed by atoms with Crippen LogP contribution in [0.5, 0.6) is 0 Å². The van der Waals surface area contributed by atoms with Crippen molar-refractivity contribution in [3.05, 3.63) is 41.2 Å². The maximum atomic E-state index is 11.0. The summed E-state index contributed by atoms with van der Waals surface area (Å²) in [4.78, 5) is 17.8. The van der Waals surface area contributed by atoms with E-state index in [0.29, 0.717) is 5.56 Å². The van der Waals surface area contributed by atoms with Crippen LogP contribution in [0, 0.1) is 13.8 Å². The lowest BCUT2D eigenvalue weighted by atomic mass is 10.0. The zero-order valence-corrected chi connectivity index (χ0v) is 10.2. The van der Waals surface area contributed by atoms with Gasteiger partial charge < -0.3 is 10.1 Å². The summed E-state index contributed by atoms with van der Waals surface area (Å²) in [7, 11) is 1.68. The summed E-state index contributed by atoms with van der Waals surface area (Å²) < 4.78 is 0. The predicted molar refractivity (Wildman–Crippen MR) is 69.8 cm³/mol. The Balaban J connectivity index is 3.40. The van der Waals surface area contributed by atoms with Crippen LogP contribution in [0.3, 0.4) is 0 Å². The Labute approximate surface area is 100 Å². The number of hydrogen-bond acceptors (Lipinski definition) is 2. The lowest BCUT2D eigenvalue weighted by molar-refractivity contribution is 0.0690. The van der Waals surface area contributed by atoms with Gasteiger partial charge in [0, 0.05) is 24.5 Å². The first-order chi connectivity index (χ1) is 8.02. The summed E-state index contributed by atoms with van der Waals surface area (Å²) in [5.74, 6) is -0.954. The fraction of sp³-hybridized carbons (Fsp3) is 0.231. The normalized spacial score (nSPS) is 12.1. The number of aryl methyl sites for hydroxylation is 1. The molecule has 0 saturated heterocycles. The van der Waals surface area contributed by atoms with Gasteiger partial charge in [0.25, 0.3) is 0 Å². The van der Waals surface area contributed by atoms with Crippen molar-refractivity contribution in [2.45, 2.75) is 13.8 Å².